The molecule has 1 aromatic carbocycles. The van der Waals surface area contributed by atoms with Crippen LogP contribution in [0.25, 0.3) is 0 Å². The van der Waals surface area contributed by atoms with Gasteiger partial charge >= 0.3 is 0 Å². The summed E-state index contributed by atoms with van der Waals surface area (Å²) in [6.07, 6.45) is 1.97. The largest absolute Gasteiger partial charge is 0.494 e. The Balaban J connectivity index is 2.91. The van der Waals surface area contributed by atoms with E-state index in [0.717, 1.165) is 22.8 Å². The number of aliphatic hydroxyl groups excluding tert-OH is 1. The molecule has 0 aliphatic rings. The molecule has 3 heteroatoms. The third-order valence-electron chi connectivity index (χ3n) is 1.65. The van der Waals surface area contributed by atoms with Gasteiger partial charge in [-0.05, 0) is 31.4 Å². The van der Waals surface area contributed by atoms with Crippen molar-refractivity contribution in [1.82, 2.24) is 0 Å². The van der Waals surface area contributed by atoms with Gasteiger partial charge in [0.15, 0.2) is 0 Å². The minimum Gasteiger partial charge on any atom is -0.494 e. The third-order valence-corrected chi connectivity index (χ3v) is 2.46. The summed E-state index contributed by atoms with van der Waals surface area (Å²) in [4.78, 5) is 1.05. The lowest BCUT2D eigenvalue weighted by atomic mass is 10.2. The van der Waals surface area contributed by atoms with Gasteiger partial charge in [-0.3, -0.25) is 0 Å². The molecule has 0 atom stereocenters. The standard InChI is InChI=1S/C10H13O2S/c1-3-12-9-4-5-10(13-2)8(6-9)7-11/h4-7,11H,3H2,1-2H3. The van der Waals surface area contributed by atoms with Gasteiger partial charge in [-0.25, -0.2) is 0 Å². The molecule has 0 aliphatic carbocycles. The monoisotopic (exact) mass is 197 g/mol. The van der Waals surface area contributed by atoms with E-state index in [1.807, 2.05) is 31.4 Å². The third kappa shape index (κ3) is 2.64. The van der Waals surface area contributed by atoms with Gasteiger partial charge in [-0.1, -0.05) is 0 Å². The average molecular weight is 197 g/mol. The zero-order chi connectivity index (χ0) is 9.68. The van der Waals surface area contributed by atoms with E-state index in [1.165, 1.54) is 0 Å². The Labute approximate surface area is 82.9 Å². The molecule has 1 radical (unpaired) electrons. The zero-order valence-electron chi connectivity index (χ0n) is 7.78. The van der Waals surface area contributed by atoms with Crippen molar-refractivity contribution in [2.45, 2.75) is 11.8 Å². The first kappa shape index (κ1) is 10.4. The van der Waals surface area contributed by atoms with Gasteiger partial charge in [0.2, 0.25) is 0 Å². The molecule has 1 aromatic rings. The topological polar surface area (TPSA) is 29.5 Å². The molecule has 0 heterocycles. The Bertz CT molecular complexity index is 274. The number of hydrogen-bond acceptors (Lipinski definition) is 3. The van der Waals surface area contributed by atoms with Crippen molar-refractivity contribution in [3.05, 3.63) is 30.4 Å². The van der Waals surface area contributed by atoms with Crippen molar-refractivity contribution in [3.8, 4) is 5.75 Å². The van der Waals surface area contributed by atoms with Crippen LogP contribution in [0.4, 0.5) is 0 Å². The summed E-state index contributed by atoms with van der Waals surface area (Å²) >= 11 is 1.60. The number of thioether (sulfide) groups is 1. The molecule has 0 aliphatic heterocycles. The minimum absolute atomic E-state index is 0.642. The lowest BCUT2D eigenvalue weighted by Gasteiger charge is -2.07. The second-order valence-corrected chi connectivity index (χ2v) is 3.31. The molecular weight excluding hydrogens is 184 g/mol. The fourth-order valence-corrected chi connectivity index (χ4v) is 1.62. The lowest BCUT2D eigenvalue weighted by Crippen LogP contribution is -1.93. The van der Waals surface area contributed by atoms with Crippen LogP contribution in [0, 0.1) is 6.61 Å². The number of rotatable bonds is 4. The fraction of sp³-hybridized carbons (Fsp3) is 0.300. The number of aliphatic hydroxyl groups is 1. The van der Waals surface area contributed by atoms with E-state index in [0.29, 0.717) is 6.61 Å². The summed E-state index contributed by atoms with van der Waals surface area (Å²) in [6, 6.07) is 5.68. The van der Waals surface area contributed by atoms with Crippen molar-refractivity contribution in [2.24, 2.45) is 0 Å². The summed E-state index contributed by atoms with van der Waals surface area (Å²) in [6.45, 7) is 3.68. The Hall–Kier alpha value is -0.670. The molecule has 2 nitrogen and oxygen atoms in total. The number of hydrogen-bond donors (Lipinski definition) is 1. The summed E-state index contributed by atoms with van der Waals surface area (Å²) in [5.74, 6) is 0.792. The zero-order valence-corrected chi connectivity index (χ0v) is 8.60. The second kappa shape index (κ2) is 5.14. The van der Waals surface area contributed by atoms with Crippen LogP contribution in [0.3, 0.4) is 0 Å². The molecule has 0 saturated heterocycles. The molecular formula is C10H13O2S. The van der Waals surface area contributed by atoms with Crippen LogP contribution in [0.1, 0.15) is 12.5 Å². The van der Waals surface area contributed by atoms with Gasteiger partial charge in [0.1, 0.15) is 12.4 Å². The molecule has 0 spiro atoms. The first-order chi connectivity index (χ1) is 6.31. The maximum absolute atomic E-state index is 8.95. The molecule has 1 N–H and O–H groups in total. The molecule has 0 fully saturated rings. The molecule has 71 valence electrons. The van der Waals surface area contributed by atoms with Crippen LogP contribution in [-0.2, 0) is 0 Å². The van der Waals surface area contributed by atoms with Crippen LogP contribution in [0.2, 0.25) is 0 Å². The predicted octanol–water partition coefficient (Wildman–Crippen LogP) is 2.69. The van der Waals surface area contributed by atoms with E-state index >= 15 is 0 Å². The van der Waals surface area contributed by atoms with Crippen LogP contribution >= 0.6 is 11.8 Å². The first-order valence-corrected chi connectivity index (χ1v) is 5.32. The van der Waals surface area contributed by atoms with E-state index in [2.05, 4.69) is 0 Å². The maximum Gasteiger partial charge on any atom is 0.119 e. The highest BCUT2D eigenvalue weighted by atomic mass is 32.2. The van der Waals surface area contributed by atoms with Crippen molar-refractivity contribution in [1.29, 1.82) is 0 Å². The number of benzene rings is 1. The van der Waals surface area contributed by atoms with E-state index in [-0.39, 0.29) is 0 Å². The summed E-state index contributed by atoms with van der Waals surface area (Å²) in [7, 11) is 0. The maximum atomic E-state index is 8.95. The van der Waals surface area contributed by atoms with Gasteiger partial charge in [0.05, 0.1) is 6.61 Å². The Morgan fingerprint density at radius 3 is 2.85 bits per heavy atom. The van der Waals surface area contributed by atoms with Crippen molar-refractivity contribution < 1.29 is 9.84 Å². The number of ether oxygens (including phenoxy) is 1. The van der Waals surface area contributed by atoms with Crippen LogP contribution < -0.4 is 4.74 Å². The Morgan fingerprint density at radius 1 is 1.54 bits per heavy atom. The van der Waals surface area contributed by atoms with E-state index in [4.69, 9.17) is 9.84 Å². The summed E-state index contributed by atoms with van der Waals surface area (Å²) in [5, 5.41) is 8.95. The quantitative estimate of drug-likeness (QED) is 0.752. The van der Waals surface area contributed by atoms with E-state index in [1.54, 1.807) is 11.8 Å². The van der Waals surface area contributed by atoms with Gasteiger partial charge in [0, 0.05) is 10.5 Å². The van der Waals surface area contributed by atoms with Crippen LogP contribution in [0.15, 0.2) is 23.1 Å². The fourth-order valence-electron chi connectivity index (χ4n) is 1.07. The van der Waals surface area contributed by atoms with E-state index < -0.39 is 0 Å². The predicted molar refractivity (Wildman–Crippen MR) is 54.7 cm³/mol. The molecule has 0 unspecified atom stereocenters. The van der Waals surface area contributed by atoms with Crippen molar-refractivity contribution in [2.75, 3.05) is 12.9 Å². The van der Waals surface area contributed by atoms with Crippen LogP contribution in [0.5, 0.6) is 5.75 Å². The lowest BCUT2D eigenvalue weighted by molar-refractivity contribution is 0.338. The highest BCUT2D eigenvalue weighted by Gasteiger charge is 2.02. The highest BCUT2D eigenvalue weighted by Crippen LogP contribution is 2.25. The second-order valence-electron chi connectivity index (χ2n) is 2.47. The van der Waals surface area contributed by atoms with Crippen molar-refractivity contribution >= 4 is 11.8 Å². The molecule has 0 aromatic heterocycles. The Kier molecular flexibility index (Phi) is 4.12. The SMILES string of the molecule is CCOc1ccc(SC)c([CH]O)c1. The van der Waals surface area contributed by atoms with Gasteiger partial charge < -0.3 is 9.84 Å². The van der Waals surface area contributed by atoms with Crippen LogP contribution in [-0.4, -0.2) is 18.0 Å². The summed E-state index contributed by atoms with van der Waals surface area (Å²) < 4.78 is 5.31. The molecule has 0 bridgehead atoms. The van der Waals surface area contributed by atoms with Crippen molar-refractivity contribution in [3.63, 3.8) is 0 Å². The minimum atomic E-state index is 0.642. The average Bonchev–Trinajstić information content (AvgIpc) is 2.18. The van der Waals surface area contributed by atoms with Gasteiger partial charge in [-0.2, -0.15) is 0 Å². The smallest absolute Gasteiger partial charge is 0.119 e. The molecule has 0 saturated carbocycles. The summed E-state index contributed by atoms with van der Waals surface area (Å²) in [5.41, 5.74) is 0.804. The Morgan fingerprint density at radius 2 is 2.31 bits per heavy atom. The molecule has 13 heavy (non-hydrogen) atoms. The van der Waals surface area contributed by atoms with Gasteiger partial charge in [0.25, 0.3) is 0 Å². The van der Waals surface area contributed by atoms with E-state index in [9.17, 15) is 0 Å². The molecule has 1 rings (SSSR count). The molecule has 0 amide bonds. The normalized spacial score (nSPS) is 10.1. The first-order valence-electron chi connectivity index (χ1n) is 4.10. The highest BCUT2D eigenvalue weighted by molar-refractivity contribution is 7.98. The van der Waals surface area contributed by atoms with Gasteiger partial charge in [-0.15, -0.1) is 11.8 Å².